The Balaban J connectivity index is 1.69. The van der Waals surface area contributed by atoms with Gasteiger partial charge in [-0.3, -0.25) is 4.79 Å². The van der Waals surface area contributed by atoms with Gasteiger partial charge < -0.3 is 10.1 Å². The smallest absolute Gasteiger partial charge is 0.262 e. The third-order valence-electron chi connectivity index (χ3n) is 3.70. The molecule has 0 saturated heterocycles. The van der Waals surface area contributed by atoms with Crippen molar-refractivity contribution in [2.45, 2.75) is 13.8 Å². The first kappa shape index (κ1) is 17.9. The number of para-hydroxylation sites is 1. The SMILES string of the molecule is Cc1cc(OCC(=O)Nc2ccccc2C)nc(-c2ccc(Cl)cc2)n1. The van der Waals surface area contributed by atoms with E-state index >= 15 is 0 Å². The Kier molecular flexibility index (Phi) is 5.49. The van der Waals surface area contributed by atoms with E-state index in [1.807, 2.05) is 50.2 Å². The second-order valence-electron chi connectivity index (χ2n) is 5.83. The maximum atomic E-state index is 12.1. The summed E-state index contributed by atoms with van der Waals surface area (Å²) in [7, 11) is 0. The van der Waals surface area contributed by atoms with Crippen LogP contribution < -0.4 is 10.1 Å². The van der Waals surface area contributed by atoms with E-state index in [1.54, 1.807) is 18.2 Å². The van der Waals surface area contributed by atoms with Crippen LogP contribution in [0.15, 0.2) is 54.6 Å². The number of carbonyl (C=O) groups excluding carboxylic acids is 1. The Hall–Kier alpha value is -2.92. The number of anilines is 1. The van der Waals surface area contributed by atoms with Crippen LogP contribution in [0.4, 0.5) is 5.69 Å². The van der Waals surface area contributed by atoms with Crippen LogP contribution in [-0.4, -0.2) is 22.5 Å². The summed E-state index contributed by atoms with van der Waals surface area (Å²) in [6.45, 7) is 3.65. The highest BCUT2D eigenvalue weighted by Crippen LogP contribution is 2.21. The van der Waals surface area contributed by atoms with Crippen LogP contribution in [0, 0.1) is 13.8 Å². The number of nitrogens with one attached hydrogen (secondary N) is 1. The van der Waals surface area contributed by atoms with Gasteiger partial charge in [0.2, 0.25) is 5.88 Å². The van der Waals surface area contributed by atoms with Gasteiger partial charge in [0.25, 0.3) is 5.91 Å². The summed E-state index contributed by atoms with van der Waals surface area (Å²) < 4.78 is 5.56. The number of hydrogen-bond donors (Lipinski definition) is 1. The van der Waals surface area contributed by atoms with Crippen molar-refractivity contribution in [2.24, 2.45) is 0 Å². The number of rotatable bonds is 5. The normalized spacial score (nSPS) is 10.4. The Bertz CT molecular complexity index is 927. The molecule has 6 heteroatoms. The van der Waals surface area contributed by atoms with Gasteiger partial charge in [0.05, 0.1) is 0 Å². The van der Waals surface area contributed by atoms with Crippen LogP contribution in [0.3, 0.4) is 0 Å². The summed E-state index contributed by atoms with van der Waals surface area (Å²) in [5.41, 5.74) is 3.33. The number of amides is 1. The van der Waals surface area contributed by atoms with Crippen LogP contribution in [-0.2, 0) is 4.79 Å². The fourth-order valence-corrected chi connectivity index (χ4v) is 2.51. The minimum Gasteiger partial charge on any atom is -0.467 e. The molecular formula is C20H18ClN3O2. The Morgan fingerprint density at radius 3 is 2.54 bits per heavy atom. The number of hydrogen-bond acceptors (Lipinski definition) is 4. The fraction of sp³-hybridized carbons (Fsp3) is 0.150. The molecule has 0 aliphatic heterocycles. The Morgan fingerprint density at radius 1 is 1.08 bits per heavy atom. The molecule has 1 amide bonds. The van der Waals surface area contributed by atoms with Gasteiger partial charge in [-0.25, -0.2) is 4.98 Å². The molecule has 0 bridgehead atoms. The summed E-state index contributed by atoms with van der Waals surface area (Å²) in [5.74, 6) is 0.627. The zero-order valence-corrected chi connectivity index (χ0v) is 15.2. The largest absolute Gasteiger partial charge is 0.467 e. The van der Waals surface area contributed by atoms with Gasteiger partial charge in [-0.2, -0.15) is 4.98 Å². The van der Waals surface area contributed by atoms with Crippen LogP contribution in [0.1, 0.15) is 11.3 Å². The van der Waals surface area contributed by atoms with Gasteiger partial charge in [0.1, 0.15) is 0 Å². The van der Waals surface area contributed by atoms with Gasteiger partial charge in [0, 0.05) is 28.0 Å². The van der Waals surface area contributed by atoms with E-state index in [2.05, 4.69) is 15.3 Å². The van der Waals surface area contributed by atoms with Crippen LogP contribution in [0.5, 0.6) is 5.88 Å². The summed E-state index contributed by atoms with van der Waals surface area (Å²) in [6, 6.07) is 16.5. The third-order valence-corrected chi connectivity index (χ3v) is 3.96. The van der Waals surface area contributed by atoms with Crippen molar-refractivity contribution in [3.63, 3.8) is 0 Å². The number of benzene rings is 2. The number of ether oxygens (including phenoxy) is 1. The lowest BCUT2D eigenvalue weighted by atomic mass is 10.2. The standard InChI is InChI=1S/C20H18ClN3O2/c1-13-5-3-4-6-17(13)23-18(25)12-26-19-11-14(2)22-20(24-19)15-7-9-16(21)10-8-15/h3-11H,12H2,1-2H3,(H,23,25). The van der Waals surface area contributed by atoms with E-state index in [1.165, 1.54) is 0 Å². The van der Waals surface area contributed by atoms with Gasteiger partial charge >= 0.3 is 0 Å². The summed E-state index contributed by atoms with van der Waals surface area (Å²) >= 11 is 5.91. The molecule has 0 radical (unpaired) electrons. The monoisotopic (exact) mass is 367 g/mol. The molecule has 0 fully saturated rings. The first-order chi connectivity index (χ1) is 12.5. The number of nitrogens with zero attached hydrogens (tertiary/aromatic N) is 2. The highest BCUT2D eigenvalue weighted by Gasteiger charge is 2.09. The molecule has 1 aromatic heterocycles. The van der Waals surface area contributed by atoms with Gasteiger partial charge in [-0.1, -0.05) is 29.8 Å². The minimum atomic E-state index is -0.247. The zero-order chi connectivity index (χ0) is 18.5. The van der Waals surface area contributed by atoms with E-state index in [-0.39, 0.29) is 12.5 Å². The minimum absolute atomic E-state index is 0.134. The lowest BCUT2D eigenvalue weighted by Crippen LogP contribution is -2.21. The molecule has 1 heterocycles. The highest BCUT2D eigenvalue weighted by atomic mass is 35.5. The second kappa shape index (κ2) is 7.97. The molecule has 0 atom stereocenters. The molecule has 1 N–H and O–H groups in total. The lowest BCUT2D eigenvalue weighted by molar-refractivity contribution is -0.118. The Morgan fingerprint density at radius 2 is 1.81 bits per heavy atom. The molecule has 0 unspecified atom stereocenters. The number of aromatic nitrogens is 2. The van der Waals surface area contributed by atoms with Crippen molar-refractivity contribution in [3.05, 3.63) is 70.9 Å². The van der Waals surface area contributed by atoms with Crippen molar-refractivity contribution < 1.29 is 9.53 Å². The van der Waals surface area contributed by atoms with E-state index in [0.717, 1.165) is 22.5 Å². The second-order valence-corrected chi connectivity index (χ2v) is 6.27. The van der Waals surface area contributed by atoms with E-state index < -0.39 is 0 Å². The molecule has 5 nitrogen and oxygen atoms in total. The Labute approximate surface area is 157 Å². The molecule has 0 saturated carbocycles. The molecule has 26 heavy (non-hydrogen) atoms. The summed E-state index contributed by atoms with van der Waals surface area (Å²) in [4.78, 5) is 20.9. The van der Waals surface area contributed by atoms with Crippen molar-refractivity contribution in [2.75, 3.05) is 11.9 Å². The predicted octanol–water partition coefficient (Wildman–Crippen LogP) is 4.43. The van der Waals surface area contributed by atoms with Gasteiger partial charge in [-0.15, -0.1) is 0 Å². The number of aryl methyl sites for hydroxylation is 2. The molecule has 2 aromatic carbocycles. The first-order valence-electron chi connectivity index (χ1n) is 8.11. The van der Waals surface area contributed by atoms with Crippen molar-refractivity contribution >= 4 is 23.2 Å². The topological polar surface area (TPSA) is 64.1 Å². The van der Waals surface area contributed by atoms with Crippen molar-refractivity contribution in [1.82, 2.24) is 9.97 Å². The van der Waals surface area contributed by atoms with Crippen LogP contribution in [0.2, 0.25) is 5.02 Å². The molecule has 0 aliphatic rings. The van der Waals surface area contributed by atoms with E-state index in [9.17, 15) is 4.79 Å². The van der Waals surface area contributed by atoms with Crippen molar-refractivity contribution in [3.8, 4) is 17.3 Å². The lowest BCUT2D eigenvalue weighted by Gasteiger charge is -2.10. The third kappa shape index (κ3) is 4.58. The highest BCUT2D eigenvalue weighted by molar-refractivity contribution is 6.30. The zero-order valence-electron chi connectivity index (χ0n) is 14.5. The molecule has 0 spiro atoms. The predicted molar refractivity (Wildman–Crippen MR) is 103 cm³/mol. The van der Waals surface area contributed by atoms with Gasteiger partial charge in [-0.05, 0) is 49.7 Å². The number of carbonyl (C=O) groups is 1. The summed E-state index contributed by atoms with van der Waals surface area (Å²) in [6.07, 6.45) is 0. The molecule has 132 valence electrons. The molecular weight excluding hydrogens is 350 g/mol. The van der Waals surface area contributed by atoms with Crippen LogP contribution >= 0.6 is 11.6 Å². The molecule has 0 aliphatic carbocycles. The maximum absolute atomic E-state index is 12.1. The number of halogens is 1. The molecule has 3 rings (SSSR count). The average Bonchev–Trinajstić information content (AvgIpc) is 2.62. The quantitative estimate of drug-likeness (QED) is 0.724. The fourth-order valence-electron chi connectivity index (χ4n) is 2.38. The average molecular weight is 368 g/mol. The van der Waals surface area contributed by atoms with Crippen LogP contribution in [0.25, 0.3) is 11.4 Å². The maximum Gasteiger partial charge on any atom is 0.262 e. The van der Waals surface area contributed by atoms with E-state index in [4.69, 9.17) is 16.3 Å². The summed E-state index contributed by atoms with van der Waals surface area (Å²) in [5, 5.41) is 3.47. The molecule has 3 aromatic rings. The van der Waals surface area contributed by atoms with E-state index in [0.29, 0.717) is 16.7 Å². The van der Waals surface area contributed by atoms with Gasteiger partial charge in [0.15, 0.2) is 12.4 Å². The first-order valence-corrected chi connectivity index (χ1v) is 8.49. The van der Waals surface area contributed by atoms with Crippen molar-refractivity contribution in [1.29, 1.82) is 0 Å².